The number of urea groups is 1. The molecule has 1 aliphatic carbocycles. The summed E-state index contributed by atoms with van der Waals surface area (Å²) < 4.78 is 18.7. The van der Waals surface area contributed by atoms with E-state index in [9.17, 15) is 4.79 Å². The molecule has 3 heterocycles. The van der Waals surface area contributed by atoms with E-state index in [1.807, 2.05) is 6.20 Å². The Bertz CT molecular complexity index is 618. The summed E-state index contributed by atoms with van der Waals surface area (Å²) in [6.45, 7) is 1.37. The Kier molecular flexibility index (Phi) is 5.37. The molecule has 2 saturated heterocycles. The molecule has 0 aromatic carbocycles. The zero-order valence-corrected chi connectivity index (χ0v) is 15.1. The summed E-state index contributed by atoms with van der Waals surface area (Å²) in [5.41, 5.74) is 0.774. The molecule has 26 heavy (non-hydrogen) atoms. The highest BCUT2D eigenvalue weighted by molar-refractivity contribution is 5.74. The standard InChI is InChI=1S/C17H27N5O4/c1-24-8-12-7-22(21-20-12)14-10-26-15-13(9-25-16(14)15)19-17(23)18-11-5-3-2-4-6-11/h7,11,13-16H,2-6,8-10H2,1H3,(H2,18,19,23)/t13-,14-,15+,16+/m0/s1. The number of amides is 2. The van der Waals surface area contributed by atoms with Crippen molar-refractivity contribution in [2.45, 2.75) is 69.0 Å². The minimum atomic E-state index is -0.160. The third kappa shape index (κ3) is 3.70. The summed E-state index contributed by atoms with van der Waals surface area (Å²) in [5.74, 6) is 0. The van der Waals surface area contributed by atoms with Crippen molar-refractivity contribution in [3.63, 3.8) is 0 Å². The molecular formula is C17H27N5O4. The fourth-order valence-corrected chi connectivity index (χ4v) is 4.16. The predicted octanol–water partition coefficient (Wildman–Crippen LogP) is 0.764. The Morgan fingerprint density at radius 3 is 2.85 bits per heavy atom. The SMILES string of the molecule is COCc1cn([C@H]2CO[C@H]3[C@@H]2OC[C@@H]3NC(=O)NC2CCCCC2)nn1. The van der Waals surface area contributed by atoms with Gasteiger partial charge in [0.1, 0.15) is 23.9 Å². The van der Waals surface area contributed by atoms with Crippen LogP contribution in [0.15, 0.2) is 6.20 Å². The third-order valence-corrected chi connectivity index (χ3v) is 5.47. The first-order valence-electron chi connectivity index (χ1n) is 9.44. The van der Waals surface area contributed by atoms with Crippen LogP contribution in [-0.4, -0.2) is 65.6 Å². The number of nitrogens with zero attached hydrogens (tertiary/aromatic N) is 3. The predicted molar refractivity (Wildman–Crippen MR) is 91.6 cm³/mol. The molecule has 0 radical (unpaired) electrons. The Morgan fingerprint density at radius 2 is 2.04 bits per heavy atom. The fraction of sp³-hybridized carbons (Fsp3) is 0.824. The maximum Gasteiger partial charge on any atom is 0.315 e. The Balaban J connectivity index is 1.32. The number of carbonyl (C=O) groups is 1. The highest BCUT2D eigenvalue weighted by Gasteiger charge is 2.49. The number of nitrogens with one attached hydrogen (secondary N) is 2. The van der Waals surface area contributed by atoms with E-state index in [0.29, 0.717) is 19.8 Å². The number of ether oxygens (including phenoxy) is 3. The van der Waals surface area contributed by atoms with Gasteiger partial charge in [0.2, 0.25) is 0 Å². The molecule has 1 saturated carbocycles. The van der Waals surface area contributed by atoms with Crippen LogP contribution in [0.25, 0.3) is 0 Å². The lowest BCUT2D eigenvalue weighted by Crippen LogP contribution is -2.50. The van der Waals surface area contributed by atoms with E-state index in [0.717, 1.165) is 18.5 Å². The van der Waals surface area contributed by atoms with Crippen LogP contribution in [0, 0.1) is 0 Å². The van der Waals surface area contributed by atoms with Gasteiger partial charge in [0, 0.05) is 13.2 Å². The van der Waals surface area contributed by atoms with Crippen LogP contribution >= 0.6 is 0 Å². The lowest BCUT2D eigenvalue weighted by atomic mass is 9.96. The van der Waals surface area contributed by atoms with Crippen molar-refractivity contribution in [3.05, 3.63) is 11.9 Å². The summed E-state index contributed by atoms with van der Waals surface area (Å²) in [5, 5.41) is 14.4. The maximum atomic E-state index is 12.3. The lowest BCUT2D eigenvalue weighted by Gasteiger charge is -2.24. The summed E-state index contributed by atoms with van der Waals surface area (Å²) in [6, 6.07) is -0.0170. The second kappa shape index (κ2) is 7.89. The molecule has 4 atom stereocenters. The Hall–Kier alpha value is -1.71. The van der Waals surface area contributed by atoms with Gasteiger partial charge in [0.05, 0.1) is 32.1 Å². The third-order valence-electron chi connectivity index (χ3n) is 5.47. The first kappa shape index (κ1) is 17.7. The Labute approximate surface area is 152 Å². The highest BCUT2D eigenvalue weighted by Crippen LogP contribution is 2.34. The number of carbonyl (C=O) groups excluding carboxylic acids is 1. The normalized spacial score (nSPS) is 31.7. The molecule has 3 fully saturated rings. The minimum absolute atomic E-state index is 0.0358. The van der Waals surface area contributed by atoms with Crippen molar-refractivity contribution in [2.24, 2.45) is 0 Å². The van der Waals surface area contributed by atoms with Gasteiger partial charge >= 0.3 is 6.03 Å². The molecule has 9 nitrogen and oxygen atoms in total. The van der Waals surface area contributed by atoms with E-state index in [4.69, 9.17) is 14.2 Å². The van der Waals surface area contributed by atoms with Gasteiger partial charge in [-0.2, -0.15) is 0 Å². The number of rotatable bonds is 5. The second-order valence-corrected chi connectivity index (χ2v) is 7.35. The highest BCUT2D eigenvalue weighted by atomic mass is 16.6. The van der Waals surface area contributed by atoms with Crippen LogP contribution in [0.1, 0.15) is 43.8 Å². The average Bonchev–Trinajstić information content (AvgIpc) is 3.34. The number of methoxy groups -OCH3 is 1. The van der Waals surface area contributed by atoms with Crippen LogP contribution in [0.5, 0.6) is 0 Å². The molecule has 4 rings (SSSR count). The molecule has 0 spiro atoms. The van der Waals surface area contributed by atoms with Gasteiger partial charge in [-0.3, -0.25) is 0 Å². The van der Waals surface area contributed by atoms with Gasteiger partial charge in [-0.1, -0.05) is 24.5 Å². The average molecular weight is 365 g/mol. The molecule has 2 amide bonds. The molecule has 3 aliphatic rings. The van der Waals surface area contributed by atoms with E-state index in [1.165, 1.54) is 19.3 Å². The maximum absolute atomic E-state index is 12.3. The molecule has 0 unspecified atom stereocenters. The molecule has 0 bridgehead atoms. The van der Waals surface area contributed by atoms with Crippen molar-refractivity contribution in [1.82, 2.24) is 25.6 Å². The van der Waals surface area contributed by atoms with Gasteiger partial charge in [0.25, 0.3) is 0 Å². The number of aromatic nitrogens is 3. The van der Waals surface area contributed by atoms with E-state index in [-0.39, 0.29) is 36.4 Å². The quantitative estimate of drug-likeness (QED) is 0.799. The molecule has 2 aliphatic heterocycles. The zero-order valence-electron chi connectivity index (χ0n) is 15.1. The largest absolute Gasteiger partial charge is 0.378 e. The minimum Gasteiger partial charge on any atom is -0.378 e. The van der Waals surface area contributed by atoms with E-state index in [1.54, 1.807) is 11.8 Å². The van der Waals surface area contributed by atoms with Crippen LogP contribution in [0.4, 0.5) is 4.79 Å². The summed E-state index contributed by atoms with van der Waals surface area (Å²) in [7, 11) is 1.63. The Morgan fingerprint density at radius 1 is 1.23 bits per heavy atom. The smallest absolute Gasteiger partial charge is 0.315 e. The first-order valence-corrected chi connectivity index (χ1v) is 9.44. The van der Waals surface area contributed by atoms with Crippen LogP contribution in [-0.2, 0) is 20.8 Å². The molecule has 9 heteroatoms. The second-order valence-electron chi connectivity index (χ2n) is 7.35. The monoisotopic (exact) mass is 365 g/mol. The molecular weight excluding hydrogens is 338 g/mol. The lowest BCUT2D eigenvalue weighted by molar-refractivity contribution is 0.0622. The van der Waals surface area contributed by atoms with E-state index >= 15 is 0 Å². The van der Waals surface area contributed by atoms with Crippen molar-refractivity contribution in [3.8, 4) is 0 Å². The summed E-state index contributed by atoms with van der Waals surface area (Å²) >= 11 is 0. The van der Waals surface area contributed by atoms with Gasteiger partial charge in [-0.15, -0.1) is 5.10 Å². The van der Waals surface area contributed by atoms with E-state index < -0.39 is 0 Å². The topological polar surface area (TPSA) is 99.5 Å². The summed E-state index contributed by atoms with van der Waals surface area (Å²) in [4.78, 5) is 12.3. The van der Waals surface area contributed by atoms with E-state index in [2.05, 4.69) is 20.9 Å². The number of fused-ring (bicyclic) bond motifs is 1. The summed E-state index contributed by atoms with van der Waals surface area (Å²) in [6.07, 6.45) is 7.35. The molecule has 1 aromatic rings. The zero-order chi connectivity index (χ0) is 17.9. The first-order chi connectivity index (χ1) is 12.7. The number of hydrogen-bond acceptors (Lipinski definition) is 6. The van der Waals surface area contributed by atoms with Gasteiger partial charge in [-0.25, -0.2) is 9.48 Å². The molecule has 2 N–H and O–H groups in total. The van der Waals surface area contributed by atoms with Gasteiger partial charge < -0.3 is 24.8 Å². The van der Waals surface area contributed by atoms with Crippen molar-refractivity contribution < 1.29 is 19.0 Å². The molecule has 144 valence electrons. The molecule has 1 aromatic heterocycles. The van der Waals surface area contributed by atoms with Crippen molar-refractivity contribution in [2.75, 3.05) is 20.3 Å². The number of hydrogen-bond donors (Lipinski definition) is 2. The van der Waals surface area contributed by atoms with Crippen LogP contribution < -0.4 is 10.6 Å². The van der Waals surface area contributed by atoms with Gasteiger partial charge in [0.15, 0.2) is 0 Å². The van der Waals surface area contributed by atoms with Crippen LogP contribution in [0.2, 0.25) is 0 Å². The fourth-order valence-electron chi connectivity index (χ4n) is 4.16. The van der Waals surface area contributed by atoms with Crippen molar-refractivity contribution >= 4 is 6.03 Å². The van der Waals surface area contributed by atoms with Crippen molar-refractivity contribution in [1.29, 1.82) is 0 Å². The van der Waals surface area contributed by atoms with Gasteiger partial charge in [-0.05, 0) is 12.8 Å². The van der Waals surface area contributed by atoms with Crippen LogP contribution in [0.3, 0.4) is 0 Å².